The molecule has 1 aliphatic rings. The molecule has 0 radical (unpaired) electrons. The molecule has 144 valence electrons. The van der Waals surface area contributed by atoms with Gasteiger partial charge in [0, 0.05) is 44.1 Å². The molecule has 1 aliphatic heterocycles. The van der Waals surface area contributed by atoms with E-state index >= 15 is 0 Å². The van der Waals surface area contributed by atoms with Gasteiger partial charge in [-0.05, 0) is 26.1 Å². The second-order valence-corrected chi connectivity index (χ2v) is 6.48. The van der Waals surface area contributed by atoms with Crippen LogP contribution in [0.5, 0.6) is 11.5 Å². The maximum atomic E-state index is 12.6. The van der Waals surface area contributed by atoms with Crippen molar-refractivity contribution in [1.29, 1.82) is 0 Å². The van der Waals surface area contributed by atoms with Crippen molar-refractivity contribution in [2.75, 3.05) is 57.7 Å². The molecule has 2 aromatic rings. The van der Waals surface area contributed by atoms with Crippen molar-refractivity contribution in [3.05, 3.63) is 35.7 Å². The van der Waals surface area contributed by atoms with Crippen LogP contribution < -0.4 is 19.7 Å². The van der Waals surface area contributed by atoms with Gasteiger partial charge in [0.15, 0.2) is 11.5 Å². The van der Waals surface area contributed by atoms with Gasteiger partial charge >= 0.3 is 0 Å². The highest BCUT2D eigenvalue weighted by Gasteiger charge is 2.19. The Kier molecular flexibility index (Phi) is 5.75. The number of anilines is 2. The molecule has 1 aromatic heterocycles. The lowest BCUT2D eigenvalue weighted by molar-refractivity contribution is 0.102. The molecule has 1 N–H and O–H groups in total. The van der Waals surface area contributed by atoms with Crippen LogP contribution in [0, 0.1) is 6.92 Å². The van der Waals surface area contributed by atoms with Gasteiger partial charge < -0.3 is 24.6 Å². The molecule has 0 saturated carbocycles. The van der Waals surface area contributed by atoms with Gasteiger partial charge in [0.1, 0.15) is 0 Å². The first-order chi connectivity index (χ1) is 13.0. The lowest BCUT2D eigenvalue weighted by atomic mass is 10.2. The second kappa shape index (κ2) is 8.22. The van der Waals surface area contributed by atoms with E-state index < -0.39 is 0 Å². The van der Waals surface area contributed by atoms with Crippen molar-refractivity contribution in [3.63, 3.8) is 0 Å². The first-order valence-electron chi connectivity index (χ1n) is 8.82. The molecule has 2 heterocycles. The van der Waals surface area contributed by atoms with E-state index in [9.17, 15) is 4.79 Å². The highest BCUT2D eigenvalue weighted by Crippen LogP contribution is 2.30. The summed E-state index contributed by atoms with van der Waals surface area (Å²) in [7, 11) is 5.22. The Balaban J connectivity index is 1.73. The van der Waals surface area contributed by atoms with Crippen LogP contribution in [0.1, 0.15) is 16.1 Å². The number of hydrogen-bond acceptors (Lipinski definition) is 7. The average molecular weight is 371 g/mol. The van der Waals surface area contributed by atoms with Crippen molar-refractivity contribution < 1.29 is 14.3 Å². The van der Waals surface area contributed by atoms with Gasteiger partial charge in [-0.25, -0.2) is 9.97 Å². The molecule has 1 amide bonds. The quantitative estimate of drug-likeness (QED) is 0.858. The standard InChI is InChI=1S/C19H25N5O3/c1-13-15(12-20-19(21-13)24-9-7-23(2)8-10-24)18(25)22-14-5-6-16(26-3)17(11-14)27-4/h5-6,11-12H,7-10H2,1-4H3,(H,22,25). The molecule has 27 heavy (non-hydrogen) atoms. The SMILES string of the molecule is COc1ccc(NC(=O)c2cnc(N3CCN(C)CC3)nc2C)cc1OC. The molecule has 0 bridgehead atoms. The fourth-order valence-corrected chi connectivity index (χ4v) is 2.95. The Bertz CT molecular complexity index is 819. The third kappa shape index (κ3) is 4.28. The van der Waals surface area contributed by atoms with Gasteiger partial charge in [-0.2, -0.15) is 0 Å². The van der Waals surface area contributed by atoms with Crippen LogP contribution in [0.3, 0.4) is 0 Å². The maximum Gasteiger partial charge on any atom is 0.259 e. The molecule has 0 unspecified atom stereocenters. The van der Waals surface area contributed by atoms with Crippen LogP contribution >= 0.6 is 0 Å². The van der Waals surface area contributed by atoms with Crippen molar-refractivity contribution >= 4 is 17.5 Å². The largest absolute Gasteiger partial charge is 0.493 e. The summed E-state index contributed by atoms with van der Waals surface area (Å²) in [5, 5.41) is 2.86. The fourth-order valence-electron chi connectivity index (χ4n) is 2.95. The summed E-state index contributed by atoms with van der Waals surface area (Å²) in [6.07, 6.45) is 1.59. The van der Waals surface area contributed by atoms with Gasteiger partial charge in [0.2, 0.25) is 5.95 Å². The van der Waals surface area contributed by atoms with Crippen LogP contribution in [-0.4, -0.2) is 68.2 Å². The summed E-state index contributed by atoms with van der Waals surface area (Å²) < 4.78 is 10.5. The number of aromatic nitrogens is 2. The molecule has 1 saturated heterocycles. The number of rotatable bonds is 5. The van der Waals surface area contributed by atoms with Crippen LogP contribution in [0.2, 0.25) is 0 Å². The molecular weight excluding hydrogens is 346 g/mol. The topological polar surface area (TPSA) is 79.8 Å². The average Bonchev–Trinajstić information content (AvgIpc) is 2.68. The molecule has 1 fully saturated rings. The number of nitrogens with zero attached hydrogens (tertiary/aromatic N) is 4. The molecule has 0 aliphatic carbocycles. The minimum absolute atomic E-state index is 0.260. The predicted octanol–water partition coefficient (Wildman–Crippen LogP) is 1.81. The van der Waals surface area contributed by atoms with Crippen molar-refractivity contribution in [2.45, 2.75) is 6.92 Å². The molecular formula is C19H25N5O3. The fraction of sp³-hybridized carbons (Fsp3) is 0.421. The molecule has 0 atom stereocenters. The molecule has 8 nitrogen and oxygen atoms in total. The van der Waals surface area contributed by atoms with Crippen molar-refractivity contribution in [1.82, 2.24) is 14.9 Å². The minimum atomic E-state index is -0.260. The van der Waals surface area contributed by atoms with Gasteiger partial charge in [0.05, 0.1) is 25.5 Å². The summed E-state index contributed by atoms with van der Waals surface area (Å²) in [5.41, 5.74) is 1.71. The Labute approximate surface area is 159 Å². The number of hydrogen-bond donors (Lipinski definition) is 1. The first-order valence-corrected chi connectivity index (χ1v) is 8.82. The monoisotopic (exact) mass is 371 g/mol. The summed E-state index contributed by atoms with van der Waals surface area (Å²) in [6, 6.07) is 5.22. The lowest BCUT2D eigenvalue weighted by Gasteiger charge is -2.32. The lowest BCUT2D eigenvalue weighted by Crippen LogP contribution is -2.45. The molecule has 0 spiro atoms. The Morgan fingerprint density at radius 3 is 2.44 bits per heavy atom. The number of nitrogens with one attached hydrogen (secondary N) is 1. The van der Waals surface area contributed by atoms with Gasteiger partial charge in [0.25, 0.3) is 5.91 Å². The normalized spacial score (nSPS) is 14.7. The van der Waals surface area contributed by atoms with Crippen LogP contribution in [0.4, 0.5) is 11.6 Å². The molecule has 3 rings (SSSR count). The van der Waals surface area contributed by atoms with Gasteiger partial charge in [-0.15, -0.1) is 0 Å². The number of carbonyl (C=O) groups excluding carboxylic acids is 1. The smallest absolute Gasteiger partial charge is 0.259 e. The zero-order valence-corrected chi connectivity index (χ0v) is 16.2. The van der Waals surface area contributed by atoms with Gasteiger partial charge in [-0.1, -0.05) is 0 Å². The summed E-state index contributed by atoms with van der Waals surface area (Å²) in [4.78, 5) is 26.0. The first kappa shape index (κ1) is 18.9. The maximum absolute atomic E-state index is 12.6. The van der Waals surface area contributed by atoms with E-state index in [1.165, 1.54) is 0 Å². The van der Waals surface area contributed by atoms with Crippen LogP contribution in [0.15, 0.2) is 24.4 Å². The second-order valence-electron chi connectivity index (χ2n) is 6.48. The number of methoxy groups -OCH3 is 2. The van der Waals surface area contributed by atoms with E-state index in [-0.39, 0.29) is 5.91 Å². The van der Waals surface area contributed by atoms with E-state index in [4.69, 9.17) is 9.47 Å². The molecule has 8 heteroatoms. The van der Waals surface area contributed by atoms with E-state index in [2.05, 4.69) is 32.1 Å². The highest BCUT2D eigenvalue weighted by molar-refractivity contribution is 6.05. The van der Waals surface area contributed by atoms with Crippen molar-refractivity contribution in [2.24, 2.45) is 0 Å². The number of piperazine rings is 1. The zero-order valence-electron chi connectivity index (χ0n) is 16.2. The third-order valence-corrected chi connectivity index (χ3v) is 4.64. The van der Waals surface area contributed by atoms with Crippen LogP contribution in [0.25, 0.3) is 0 Å². The van der Waals surface area contributed by atoms with E-state index in [1.807, 2.05) is 6.92 Å². The minimum Gasteiger partial charge on any atom is -0.493 e. The number of ether oxygens (including phenoxy) is 2. The number of amides is 1. The summed E-state index contributed by atoms with van der Waals surface area (Å²) in [6.45, 7) is 5.54. The Morgan fingerprint density at radius 1 is 1.11 bits per heavy atom. The van der Waals surface area contributed by atoms with E-state index in [0.29, 0.717) is 34.4 Å². The van der Waals surface area contributed by atoms with Crippen LogP contribution in [-0.2, 0) is 0 Å². The van der Waals surface area contributed by atoms with Crippen molar-refractivity contribution in [3.8, 4) is 11.5 Å². The molecule has 1 aromatic carbocycles. The third-order valence-electron chi connectivity index (χ3n) is 4.64. The number of likely N-dealkylation sites (N-methyl/N-ethyl adjacent to an activating group) is 1. The zero-order chi connectivity index (χ0) is 19.4. The Morgan fingerprint density at radius 2 is 1.81 bits per heavy atom. The van der Waals surface area contributed by atoms with E-state index in [1.54, 1.807) is 38.6 Å². The van der Waals surface area contributed by atoms with E-state index in [0.717, 1.165) is 26.2 Å². The number of aryl methyl sites for hydroxylation is 1. The van der Waals surface area contributed by atoms with Gasteiger partial charge in [-0.3, -0.25) is 4.79 Å². The summed E-state index contributed by atoms with van der Waals surface area (Å²) in [5.74, 6) is 1.56. The highest BCUT2D eigenvalue weighted by atomic mass is 16.5. The Hall–Kier alpha value is -2.87. The number of carbonyl (C=O) groups is 1. The predicted molar refractivity (Wildman–Crippen MR) is 104 cm³/mol. The summed E-state index contributed by atoms with van der Waals surface area (Å²) >= 11 is 0. The number of benzene rings is 1.